The topological polar surface area (TPSA) is 44.8 Å². The van der Waals surface area contributed by atoms with E-state index in [9.17, 15) is 4.57 Å². The summed E-state index contributed by atoms with van der Waals surface area (Å²) in [5.74, 6) is 0. The minimum Gasteiger partial charge on any atom is -0.382 e. The van der Waals surface area contributed by atoms with Crippen LogP contribution in [0.2, 0.25) is 0 Å². The van der Waals surface area contributed by atoms with Gasteiger partial charge in [-0.05, 0) is 6.42 Å². The Hall–Kier alpha value is 0.525. The van der Waals surface area contributed by atoms with Crippen molar-refractivity contribution in [3.63, 3.8) is 0 Å². The van der Waals surface area contributed by atoms with Gasteiger partial charge in [0.15, 0.2) is 0 Å². The predicted molar refractivity (Wildman–Crippen MR) is 65.7 cm³/mol. The maximum atomic E-state index is 11.7. The van der Waals surface area contributed by atoms with Crippen molar-refractivity contribution in [3.8, 4) is 0 Å². The highest BCUT2D eigenvalue weighted by atomic mass is 32.7. The molecule has 0 bridgehead atoms. The molecule has 1 saturated heterocycles. The molecule has 0 aromatic carbocycles. The standard InChI is InChI=1S/C8H18BO4PS/c1-3-14(10,15)13-6-4-8(9)12-7(6)5-11-2/h6-8H,3-5,9H2,1-2H3,(H,10,15)/t6-,7-,8-,14?/m1/s1. The van der Waals surface area contributed by atoms with E-state index < -0.39 is 6.57 Å². The number of rotatable bonds is 5. The second-order valence-electron chi connectivity index (χ2n) is 3.77. The lowest BCUT2D eigenvalue weighted by Crippen LogP contribution is -2.27. The Balaban J connectivity index is 2.55. The summed E-state index contributed by atoms with van der Waals surface area (Å²) in [7, 11) is 3.59. The van der Waals surface area contributed by atoms with E-state index in [0.717, 1.165) is 6.42 Å². The van der Waals surface area contributed by atoms with Gasteiger partial charge in [-0.2, -0.15) is 0 Å². The zero-order valence-corrected chi connectivity index (χ0v) is 11.2. The molecule has 1 rings (SSSR count). The quantitative estimate of drug-likeness (QED) is 0.448. The molecule has 0 saturated carbocycles. The summed E-state index contributed by atoms with van der Waals surface area (Å²) < 4.78 is 27.9. The molecule has 0 aromatic heterocycles. The molecule has 0 amide bonds. The Kier molecular flexibility index (Phi) is 5.20. The van der Waals surface area contributed by atoms with Crippen molar-refractivity contribution in [3.05, 3.63) is 0 Å². The molecule has 0 aliphatic carbocycles. The van der Waals surface area contributed by atoms with E-state index in [4.69, 9.17) is 14.0 Å². The number of hydrogen-bond donors (Lipinski definition) is 1. The van der Waals surface area contributed by atoms with Gasteiger partial charge in [0.2, 0.25) is 0 Å². The van der Waals surface area contributed by atoms with Crippen LogP contribution >= 0.6 is 18.8 Å². The van der Waals surface area contributed by atoms with Crippen LogP contribution in [0.3, 0.4) is 0 Å². The lowest BCUT2D eigenvalue weighted by atomic mass is 9.96. The fraction of sp³-hybridized carbons (Fsp3) is 1.00. The van der Waals surface area contributed by atoms with Crippen molar-refractivity contribution in [2.24, 2.45) is 0 Å². The van der Waals surface area contributed by atoms with E-state index in [-0.39, 0.29) is 18.2 Å². The third-order valence-corrected chi connectivity index (χ3v) is 4.95. The van der Waals surface area contributed by atoms with Crippen LogP contribution in [0.25, 0.3) is 0 Å². The van der Waals surface area contributed by atoms with Gasteiger partial charge in [-0.3, -0.25) is 4.57 Å². The summed E-state index contributed by atoms with van der Waals surface area (Å²) in [6.07, 6.45) is 0.888. The normalized spacial score (nSPS) is 35.3. The van der Waals surface area contributed by atoms with Crippen molar-refractivity contribution in [1.29, 1.82) is 0 Å². The van der Waals surface area contributed by atoms with Crippen molar-refractivity contribution in [2.75, 3.05) is 19.9 Å². The minimum atomic E-state index is -2.75. The van der Waals surface area contributed by atoms with E-state index in [1.54, 1.807) is 14.0 Å². The van der Waals surface area contributed by atoms with Gasteiger partial charge < -0.3 is 14.0 Å². The molecule has 4 nitrogen and oxygen atoms in total. The SMILES string of the molecule is B[C@H]1C[C@@H](OP(=O)(S)CC)[C@@H](COC)O1. The molecule has 1 unspecified atom stereocenters. The molecule has 4 atom stereocenters. The summed E-state index contributed by atoms with van der Waals surface area (Å²) >= 11 is 4.04. The zero-order chi connectivity index (χ0) is 11.5. The average molecular weight is 252 g/mol. The molecule has 1 fully saturated rings. The maximum absolute atomic E-state index is 11.7. The van der Waals surface area contributed by atoms with Gasteiger partial charge in [-0.1, -0.05) is 19.2 Å². The summed E-state index contributed by atoms with van der Waals surface area (Å²) in [4.78, 5) is 0. The van der Waals surface area contributed by atoms with E-state index in [1.807, 2.05) is 7.85 Å². The van der Waals surface area contributed by atoms with E-state index in [1.165, 1.54) is 0 Å². The first-order chi connectivity index (χ1) is 6.98. The van der Waals surface area contributed by atoms with Crippen LogP contribution in [-0.4, -0.2) is 45.9 Å². The molecule has 1 aliphatic rings. The van der Waals surface area contributed by atoms with Crippen LogP contribution < -0.4 is 0 Å². The molecular weight excluding hydrogens is 234 g/mol. The monoisotopic (exact) mass is 252 g/mol. The lowest BCUT2D eigenvalue weighted by Gasteiger charge is -2.21. The molecule has 0 spiro atoms. The van der Waals surface area contributed by atoms with Crippen LogP contribution in [0.1, 0.15) is 13.3 Å². The van der Waals surface area contributed by atoms with Crippen LogP contribution in [0.15, 0.2) is 0 Å². The predicted octanol–water partition coefficient (Wildman–Crippen LogP) is 0.909. The summed E-state index contributed by atoms with van der Waals surface area (Å²) in [6, 6.07) is 0.125. The highest BCUT2D eigenvalue weighted by Crippen LogP contribution is 2.53. The first-order valence-electron chi connectivity index (χ1n) is 5.13. The molecule has 1 heterocycles. The Labute approximate surface area is 97.1 Å². The highest BCUT2D eigenvalue weighted by molar-refractivity contribution is 8.46. The summed E-state index contributed by atoms with van der Waals surface area (Å²) in [5, 5.41) is 0. The molecule has 88 valence electrons. The first kappa shape index (κ1) is 13.6. The van der Waals surface area contributed by atoms with Gasteiger partial charge in [0.25, 0.3) is 6.57 Å². The number of thiol groups is 1. The second kappa shape index (κ2) is 5.73. The zero-order valence-electron chi connectivity index (χ0n) is 9.38. The summed E-state index contributed by atoms with van der Waals surface area (Å²) in [6.45, 7) is -0.483. The molecular formula is C8H18BO4PS. The first-order valence-corrected chi connectivity index (χ1v) is 8.09. The molecule has 0 N–H and O–H groups in total. The van der Waals surface area contributed by atoms with E-state index >= 15 is 0 Å². The maximum Gasteiger partial charge on any atom is 0.254 e. The van der Waals surface area contributed by atoms with Crippen molar-refractivity contribution >= 4 is 26.7 Å². The van der Waals surface area contributed by atoms with E-state index in [0.29, 0.717) is 12.8 Å². The Morgan fingerprint density at radius 2 is 2.33 bits per heavy atom. The van der Waals surface area contributed by atoms with Gasteiger partial charge in [0, 0.05) is 19.3 Å². The van der Waals surface area contributed by atoms with Crippen LogP contribution in [0.4, 0.5) is 0 Å². The van der Waals surface area contributed by atoms with Crippen molar-refractivity contribution < 1.29 is 18.6 Å². The van der Waals surface area contributed by atoms with Crippen molar-refractivity contribution in [1.82, 2.24) is 0 Å². The fourth-order valence-electron chi connectivity index (χ4n) is 1.63. The van der Waals surface area contributed by atoms with E-state index in [2.05, 4.69) is 12.2 Å². The molecule has 1 aliphatic heterocycles. The van der Waals surface area contributed by atoms with Gasteiger partial charge in [0.1, 0.15) is 14.0 Å². The van der Waals surface area contributed by atoms with Crippen LogP contribution in [0.5, 0.6) is 0 Å². The smallest absolute Gasteiger partial charge is 0.254 e. The number of methoxy groups -OCH3 is 1. The van der Waals surface area contributed by atoms with Gasteiger partial charge in [-0.15, -0.1) is 0 Å². The summed E-state index contributed by atoms with van der Waals surface area (Å²) in [5.41, 5.74) is 0. The molecule has 0 radical (unpaired) electrons. The van der Waals surface area contributed by atoms with Crippen molar-refractivity contribution in [2.45, 2.75) is 31.6 Å². The van der Waals surface area contributed by atoms with Gasteiger partial charge in [0.05, 0.1) is 12.7 Å². The van der Waals surface area contributed by atoms with Crippen LogP contribution in [0, 0.1) is 0 Å². The average Bonchev–Trinajstić information content (AvgIpc) is 2.47. The number of hydrogen-bond acceptors (Lipinski definition) is 4. The Bertz CT molecular complexity index is 253. The Morgan fingerprint density at radius 3 is 2.87 bits per heavy atom. The minimum absolute atomic E-state index is 0.125. The number of ether oxygens (including phenoxy) is 2. The van der Waals surface area contributed by atoms with Gasteiger partial charge in [-0.25, -0.2) is 0 Å². The fourth-order valence-corrected chi connectivity index (χ4v) is 2.79. The van der Waals surface area contributed by atoms with Crippen LogP contribution in [-0.2, 0) is 18.6 Å². The van der Waals surface area contributed by atoms with Gasteiger partial charge >= 0.3 is 0 Å². The largest absolute Gasteiger partial charge is 0.382 e. The Morgan fingerprint density at radius 1 is 1.67 bits per heavy atom. The lowest BCUT2D eigenvalue weighted by molar-refractivity contribution is -0.00900. The second-order valence-corrected chi connectivity index (χ2v) is 7.72. The highest BCUT2D eigenvalue weighted by Gasteiger charge is 2.36. The molecule has 7 heteroatoms. The third-order valence-electron chi connectivity index (χ3n) is 2.42. The molecule has 15 heavy (non-hydrogen) atoms. The third kappa shape index (κ3) is 4.12. The molecule has 0 aromatic rings.